The first kappa shape index (κ1) is 36.9. The van der Waals surface area contributed by atoms with Gasteiger partial charge in [-0.1, -0.05) is 29.3 Å². The molecule has 2 N–H and O–H groups in total. The van der Waals surface area contributed by atoms with E-state index in [0.29, 0.717) is 43.3 Å². The number of para-hydroxylation sites is 1. The molecule has 2 aliphatic heterocycles. The number of anilines is 5. The molecule has 2 saturated heterocycles. The van der Waals surface area contributed by atoms with Gasteiger partial charge in [0.25, 0.3) is 5.91 Å². The van der Waals surface area contributed by atoms with Crippen LogP contribution in [0.5, 0.6) is 11.6 Å². The molecule has 4 aromatic rings. The van der Waals surface area contributed by atoms with Crippen molar-refractivity contribution in [2.45, 2.75) is 26.4 Å². The van der Waals surface area contributed by atoms with Gasteiger partial charge in [-0.3, -0.25) is 4.79 Å². The second kappa shape index (κ2) is 15.8. The zero-order valence-corrected chi connectivity index (χ0v) is 31.0. The van der Waals surface area contributed by atoms with E-state index in [1.165, 1.54) is 12.3 Å². The lowest BCUT2D eigenvalue weighted by atomic mass is 10.2. The minimum Gasteiger partial charge on any atom is -0.444 e. The SMILES string of the molecule is CN1CCN(c2ccc(Nc3ncc(C(=O)Nc4c(Cl)cccc4Cl)c(Oc4ccc(N5CCN(C(=O)OC(C)(C)C)CC5)cc4)n3)cc2F)CC1. The van der Waals surface area contributed by atoms with Crippen LogP contribution in [0.25, 0.3) is 0 Å². The Labute approximate surface area is 312 Å². The lowest BCUT2D eigenvalue weighted by Crippen LogP contribution is -2.50. The number of nitrogens with one attached hydrogen (secondary N) is 2. The number of carbonyl (C=O) groups excluding carboxylic acids is 2. The molecule has 6 rings (SSSR count). The predicted molar refractivity (Wildman–Crippen MR) is 202 cm³/mol. The highest BCUT2D eigenvalue weighted by Crippen LogP contribution is 2.33. The molecular formula is C37H41Cl2FN8O4. The van der Waals surface area contributed by atoms with E-state index in [2.05, 4.69) is 30.4 Å². The van der Waals surface area contributed by atoms with E-state index in [1.54, 1.807) is 47.4 Å². The van der Waals surface area contributed by atoms with E-state index in [1.807, 2.05) is 44.9 Å². The zero-order valence-electron chi connectivity index (χ0n) is 29.5. The molecule has 0 spiro atoms. The van der Waals surface area contributed by atoms with Crippen LogP contribution in [0.1, 0.15) is 31.1 Å². The summed E-state index contributed by atoms with van der Waals surface area (Å²) in [6.07, 6.45) is 0.997. The average molecular weight is 752 g/mol. The van der Waals surface area contributed by atoms with Crippen LogP contribution in [0, 0.1) is 5.82 Å². The number of piperazine rings is 2. The van der Waals surface area contributed by atoms with Crippen molar-refractivity contribution in [3.05, 3.63) is 88.3 Å². The fourth-order valence-corrected chi connectivity index (χ4v) is 6.28. The van der Waals surface area contributed by atoms with Gasteiger partial charge >= 0.3 is 6.09 Å². The van der Waals surface area contributed by atoms with E-state index in [-0.39, 0.29) is 45.0 Å². The summed E-state index contributed by atoms with van der Waals surface area (Å²) in [7, 11) is 2.05. The molecule has 3 heterocycles. The Kier molecular flexibility index (Phi) is 11.2. The minimum atomic E-state index is -0.599. The van der Waals surface area contributed by atoms with Crippen LogP contribution < -0.4 is 25.2 Å². The van der Waals surface area contributed by atoms with Gasteiger partial charge in [-0.05, 0) is 82.4 Å². The molecule has 0 aliphatic carbocycles. The third-order valence-corrected chi connectivity index (χ3v) is 9.23. The molecular weight excluding hydrogens is 710 g/mol. The quantitative estimate of drug-likeness (QED) is 0.187. The Morgan fingerprint density at radius 3 is 2.15 bits per heavy atom. The lowest BCUT2D eigenvalue weighted by molar-refractivity contribution is 0.0240. The Morgan fingerprint density at radius 2 is 1.52 bits per heavy atom. The van der Waals surface area contributed by atoms with Crippen molar-refractivity contribution >= 4 is 63.9 Å². The van der Waals surface area contributed by atoms with Gasteiger partial charge < -0.3 is 39.7 Å². The Morgan fingerprint density at radius 1 is 0.865 bits per heavy atom. The summed E-state index contributed by atoms with van der Waals surface area (Å²) in [5.74, 6) is -0.517. The van der Waals surface area contributed by atoms with Crippen LogP contribution in [0.4, 0.5) is 37.9 Å². The molecule has 2 fully saturated rings. The molecule has 2 amide bonds. The van der Waals surface area contributed by atoms with Crippen molar-refractivity contribution in [2.24, 2.45) is 0 Å². The molecule has 0 bridgehead atoms. The van der Waals surface area contributed by atoms with E-state index < -0.39 is 11.5 Å². The van der Waals surface area contributed by atoms with Crippen LogP contribution in [0.3, 0.4) is 0 Å². The fraction of sp³-hybridized carbons (Fsp3) is 0.351. The largest absolute Gasteiger partial charge is 0.444 e. The average Bonchev–Trinajstić information content (AvgIpc) is 3.10. The van der Waals surface area contributed by atoms with Crippen LogP contribution in [0.2, 0.25) is 10.0 Å². The number of amides is 2. The Balaban J connectivity index is 1.19. The topological polar surface area (TPSA) is 115 Å². The Hall–Kier alpha value is -4.85. The number of aromatic nitrogens is 2. The van der Waals surface area contributed by atoms with E-state index in [0.717, 1.165) is 31.9 Å². The molecule has 0 saturated carbocycles. The van der Waals surface area contributed by atoms with E-state index in [4.69, 9.17) is 32.7 Å². The highest BCUT2D eigenvalue weighted by Gasteiger charge is 2.26. The van der Waals surface area contributed by atoms with Crippen molar-refractivity contribution in [1.82, 2.24) is 19.8 Å². The number of hydrogen-bond acceptors (Lipinski definition) is 10. The van der Waals surface area contributed by atoms with Gasteiger partial charge in [0.1, 0.15) is 22.7 Å². The van der Waals surface area contributed by atoms with Crippen LogP contribution >= 0.6 is 23.2 Å². The summed E-state index contributed by atoms with van der Waals surface area (Å²) in [6.45, 7) is 11.0. The zero-order chi connectivity index (χ0) is 37.0. The molecule has 15 heteroatoms. The number of likely N-dealkylation sites (N-methyl/N-ethyl adjacent to an activating group) is 1. The lowest BCUT2D eigenvalue weighted by Gasteiger charge is -2.36. The first-order chi connectivity index (χ1) is 24.8. The van der Waals surface area contributed by atoms with Gasteiger partial charge in [0, 0.05) is 69.9 Å². The normalized spacial score (nSPS) is 15.3. The summed E-state index contributed by atoms with van der Waals surface area (Å²) >= 11 is 12.6. The summed E-state index contributed by atoms with van der Waals surface area (Å²) < 4.78 is 27.0. The van der Waals surface area contributed by atoms with Crippen molar-refractivity contribution in [3.63, 3.8) is 0 Å². The van der Waals surface area contributed by atoms with E-state index in [9.17, 15) is 9.59 Å². The van der Waals surface area contributed by atoms with Crippen LogP contribution in [-0.2, 0) is 4.74 Å². The molecule has 52 heavy (non-hydrogen) atoms. The molecule has 0 unspecified atom stereocenters. The maximum Gasteiger partial charge on any atom is 0.410 e. The van der Waals surface area contributed by atoms with E-state index >= 15 is 4.39 Å². The number of carbonyl (C=O) groups is 2. The molecule has 2 aliphatic rings. The van der Waals surface area contributed by atoms with Crippen molar-refractivity contribution in [3.8, 4) is 11.6 Å². The summed E-state index contributed by atoms with van der Waals surface area (Å²) in [5, 5.41) is 6.27. The highest BCUT2D eigenvalue weighted by molar-refractivity contribution is 6.40. The first-order valence-corrected chi connectivity index (χ1v) is 17.7. The maximum absolute atomic E-state index is 15.3. The van der Waals surface area contributed by atoms with Crippen molar-refractivity contribution < 1.29 is 23.5 Å². The minimum absolute atomic E-state index is 0.0143. The molecule has 274 valence electrons. The highest BCUT2D eigenvalue weighted by atomic mass is 35.5. The monoisotopic (exact) mass is 750 g/mol. The van der Waals surface area contributed by atoms with Gasteiger partial charge in [0.05, 0.1) is 21.4 Å². The predicted octanol–water partition coefficient (Wildman–Crippen LogP) is 7.52. The van der Waals surface area contributed by atoms with Crippen LogP contribution in [0.15, 0.2) is 66.9 Å². The summed E-state index contributed by atoms with van der Waals surface area (Å²) in [4.78, 5) is 43.0. The van der Waals surface area contributed by atoms with Gasteiger partial charge in [-0.25, -0.2) is 14.2 Å². The maximum atomic E-state index is 15.3. The number of nitrogens with zero attached hydrogens (tertiary/aromatic N) is 6. The standard InChI is InChI=1S/C37H41Cl2FN8O4/c1-37(2,3)52-36(50)48-20-18-46(19-21-48)25-9-11-26(12-10-25)51-34-27(33(49)43-32-28(38)6-5-7-29(32)39)23-41-35(44-34)42-24-8-13-31(30(40)22-24)47-16-14-45(4)15-17-47/h5-13,22-23H,14-21H2,1-4H3,(H,43,49)(H,41,42,44). The van der Waals surface area contributed by atoms with Gasteiger partial charge in [0.15, 0.2) is 0 Å². The fourth-order valence-electron chi connectivity index (χ4n) is 5.79. The molecule has 0 radical (unpaired) electrons. The third-order valence-electron chi connectivity index (χ3n) is 8.60. The first-order valence-electron chi connectivity index (χ1n) is 17.0. The van der Waals surface area contributed by atoms with Gasteiger partial charge in [-0.15, -0.1) is 0 Å². The number of benzene rings is 3. The molecule has 3 aromatic carbocycles. The number of halogens is 3. The number of hydrogen-bond donors (Lipinski definition) is 2. The summed E-state index contributed by atoms with van der Waals surface area (Å²) in [5.41, 5.74) is 1.59. The smallest absolute Gasteiger partial charge is 0.410 e. The third kappa shape index (κ3) is 9.14. The van der Waals surface area contributed by atoms with Gasteiger partial charge in [0.2, 0.25) is 11.8 Å². The molecule has 0 atom stereocenters. The van der Waals surface area contributed by atoms with Crippen molar-refractivity contribution in [1.29, 1.82) is 0 Å². The van der Waals surface area contributed by atoms with Crippen molar-refractivity contribution in [2.75, 3.05) is 79.8 Å². The molecule has 12 nitrogen and oxygen atoms in total. The van der Waals surface area contributed by atoms with Crippen LogP contribution in [-0.4, -0.2) is 96.8 Å². The second-order valence-electron chi connectivity index (χ2n) is 13.6. The Bertz CT molecular complexity index is 1890. The second-order valence-corrected chi connectivity index (χ2v) is 14.4. The summed E-state index contributed by atoms with van der Waals surface area (Å²) in [6, 6.07) is 17.1. The molecule has 1 aromatic heterocycles. The van der Waals surface area contributed by atoms with Gasteiger partial charge in [-0.2, -0.15) is 4.98 Å². The number of ether oxygens (including phenoxy) is 2. The number of rotatable bonds is 8.